The fraction of sp³-hybridized carbons (Fsp3) is 0.270. The Balaban J connectivity index is 1.31. The maximum absolute atomic E-state index is 12.0. The van der Waals surface area contributed by atoms with Crippen molar-refractivity contribution < 1.29 is 34.1 Å². The maximum Gasteiger partial charge on any atom is 0.303 e. The Morgan fingerprint density at radius 2 is 1.55 bits per heavy atom. The Bertz CT molecular complexity index is 1680. The average molecular weight is 655 g/mol. The highest BCUT2D eigenvalue weighted by molar-refractivity contribution is 7.99. The number of carbonyl (C=O) groups excluding carboxylic acids is 2. The van der Waals surface area contributed by atoms with Crippen molar-refractivity contribution in [2.45, 2.75) is 62.7 Å². The molecule has 0 radical (unpaired) electrons. The van der Waals surface area contributed by atoms with Gasteiger partial charge in [0, 0.05) is 48.2 Å². The van der Waals surface area contributed by atoms with Gasteiger partial charge in [-0.3, -0.25) is 14.4 Å². The molecule has 244 valence electrons. The molecule has 0 spiro atoms. The molecule has 0 saturated carbocycles. The Kier molecular flexibility index (Phi) is 11.8. The molecule has 4 aromatic rings. The number of aliphatic carboxylic acids is 1. The van der Waals surface area contributed by atoms with Crippen LogP contribution in [0.5, 0.6) is 0 Å². The molecule has 1 fully saturated rings. The number of benzene rings is 4. The zero-order valence-corrected chi connectivity index (χ0v) is 26.9. The van der Waals surface area contributed by atoms with Crippen LogP contribution in [0, 0.1) is 0 Å². The smallest absolute Gasteiger partial charge is 0.303 e. The molecule has 3 atom stereocenters. The molecule has 2 amide bonds. The monoisotopic (exact) mass is 654 g/mol. The zero-order chi connectivity index (χ0) is 33.2. The number of rotatable bonds is 13. The number of hydrogen-bond donors (Lipinski definition) is 4. The summed E-state index contributed by atoms with van der Waals surface area (Å²) >= 11 is 1.68. The number of anilines is 1. The molecule has 5 rings (SSSR count). The molecular formula is C37H38N2O7S. The van der Waals surface area contributed by atoms with Crippen molar-refractivity contribution >= 4 is 35.2 Å². The van der Waals surface area contributed by atoms with Gasteiger partial charge in [0.2, 0.25) is 11.8 Å². The third kappa shape index (κ3) is 10.0. The Hall–Kier alpha value is -4.48. The van der Waals surface area contributed by atoms with Gasteiger partial charge in [0.15, 0.2) is 6.29 Å². The van der Waals surface area contributed by atoms with E-state index in [1.807, 2.05) is 91.0 Å². The van der Waals surface area contributed by atoms with E-state index in [2.05, 4.69) is 16.7 Å². The molecule has 47 heavy (non-hydrogen) atoms. The lowest BCUT2D eigenvalue weighted by molar-refractivity contribution is -0.245. The van der Waals surface area contributed by atoms with E-state index in [1.54, 1.807) is 11.8 Å². The highest BCUT2D eigenvalue weighted by Gasteiger charge is 2.32. The van der Waals surface area contributed by atoms with Gasteiger partial charge in [-0.2, -0.15) is 0 Å². The van der Waals surface area contributed by atoms with Gasteiger partial charge in [-0.15, -0.1) is 11.8 Å². The molecule has 0 bridgehead atoms. The van der Waals surface area contributed by atoms with Crippen LogP contribution < -0.4 is 10.6 Å². The van der Waals surface area contributed by atoms with Gasteiger partial charge in [0.25, 0.3) is 0 Å². The fourth-order valence-electron chi connectivity index (χ4n) is 5.28. The topological polar surface area (TPSA) is 134 Å². The summed E-state index contributed by atoms with van der Waals surface area (Å²) in [4.78, 5) is 35.2. The number of carboxylic acid groups (broad SMARTS) is 1. The maximum atomic E-state index is 12.0. The number of hydrogen-bond acceptors (Lipinski definition) is 7. The van der Waals surface area contributed by atoms with Gasteiger partial charge >= 0.3 is 5.97 Å². The molecule has 3 unspecified atom stereocenters. The van der Waals surface area contributed by atoms with Crippen molar-refractivity contribution in [1.82, 2.24) is 5.32 Å². The lowest BCUT2D eigenvalue weighted by atomic mass is 9.99. The van der Waals surface area contributed by atoms with Gasteiger partial charge in [-0.25, -0.2) is 0 Å². The summed E-state index contributed by atoms with van der Waals surface area (Å²) in [5.41, 5.74) is 6.30. The molecule has 4 N–H and O–H groups in total. The molecule has 1 aliphatic rings. The van der Waals surface area contributed by atoms with Gasteiger partial charge in [-0.05, 0) is 64.2 Å². The highest BCUT2D eigenvalue weighted by Crippen LogP contribution is 2.40. The number of aliphatic hydroxyl groups excluding tert-OH is 1. The Morgan fingerprint density at radius 3 is 2.26 bits per heavy atom. The predicted octanol–water partition coefficient (Wildman–Crippen LogP) is 6.62. The van der Waals surface area contributed by atoms with Crippen LogP contribution in [-0.4, -0.2) is 39.9 Å². The van der Waals surface area contributed by atoms with Gasteiger partial charge < -0.3 is 30.3 Å². The van der Waals surface area contributed by atoms with Crippen molar-refractivity contribution in [3.05, 3.63) is 119 Å². The summed E-state index contributed by atoms with van der Waals surface area (Å²) in [6.07, 6.45) is -0.554. The number of nitrogens with one attached hydrogen (secondary N) is 2. The minimum atomic E-state index is -1.00. The number of aliphatic hydroxyl groups is 1. The summed E-state index contributed by atoms with van der Waals surface area (Å²) < 4.78 is 13.1. The van der Waals surface area contributed by atoms with Crippen LogP contribution in [0.25, 0.3) is 11.1 Å². The molecule has 1 aliphatic heterocycles. The fourth-order valence-corrected chi connectivity index (χ4v) is 6.21. The first kappa shape index (κ1) is 33.9. The first-order valence-corrected chi connectivity index (χ1v) is 16.4. The van der Waals surface area contributed by atoms with Crippen LogP contribution in [0.1, 0.15) is 60.8 Å². The van der Waals surface area contributed by atoms with E-state index in [4.69, 9.17) is 14.6 Å². The molecular weight excluding hydrogens is 616 g/mol. The van der Waals surface area contributed by atoms with Crippen molar-refractivity contribution in [3.8, 4) is 11.1 Å². The van der Waals surface area contributed by atoms with E-state index in [-0.39, 0.29) is 43.5 Å². The molecule has 1 heterocycles. The Labute approximate surface area is 278 Å². The van der Waals surface area contributed by atoms with Crippen LogP contribution in [0.2, 0.25) is 0 Å². The van der Waals surface area contributed by atoms with E-state index in [9.17, 15) is 19.5 Å². The van der Waals surface area contributed by atoms with Gasteiger partial charge in [-0.1, -0.05) is 60.7 Å². The molecule has 10 heteroatoms. The number of ether oxygens (including phenoxy) is 2. The van der Waals surface area contributed by atoms with Gasteiger partial charge in [0.1, 0.15) is 0 Å². The second kappa shape index (κ2) is 16.4. The quantitative estimate of drug-likeness (QED) is 0.118. The SMILES string of the molecule is CC(=O)Nc1ccc(SCC2CC(c3ccc(CO)cc3)OC(c3cccc(-c4cccc(CNC(=O)CCC(=O)O)c4)c3)O2)cc1. The van der Waals surface area contributed by atoms with Crippen molar-refractivity contribution in [1.29, 1.82) is 0 Å². The van der Waals surface area contributed by atoms with Crippen LogP contribution in [0.4, 0.5) is 5.69 Å². The number of thioether (sulfide) groups is 1. The molecule has 9 nitrogen and oxygen atoms in total. The molecule has 1 saturated heterocycles. The minimum Gasteiger partial charge on any atom is -0.481 e. The third-order valence-electron chi connectivity index (χ3n) is 7.70. The van der Waals surface area contributed by atoms with Crippen LogP contribution in [0.3, 0.4) is 0 Å². The summed E-state index contributed by atoms with van der Waals surface area (Å²) in [7, 11) is 0. The molecule has 4 aromatic carbocycles. The van der Waals surface area contributed by atoms with Gasteiger partial charge in [0.05, 0.1) is 25.2 Å². The van der Waals surface area contributed by atoms with E-state index in [1.165, 1.54) is 6.92 Å². The number of carboxylic acids is 1. The Morgan fingerprint density at radius 1 is 0.830 bits per heavy atom. The van der Waals surface area contributed by atoms with Crippen LogP contribution >= 0.6 is 11.8 Å². The summed E-state index contributed by atoms with van der Waals surface area (Å²) in [5.74, 6) is -0.717. The lowest BCUT2D eigenvalue weighted by Crippen LogP contribution is -2.31. The van der Waals surface area contributed by atoms with Crippen molar-refractivity contribution in [2.75, 3.05) is 11.1 Å². The van der Waals surface area contributed by atoms with E-state index < -0.39 is 12.3 Å². The summed E-state index contributed by atoms with van der Waals surface area (Å²) in [6.45, 7) is 1.76. The lowest BCUT2D eigenvalue weighted by Gasteiger charge is -2.36. The zero-order valence-electron chi connectivity index (χ0n) is 26.1. The normalized spacial score (nSPS) is 17.5. The summed E-state index contributed by atoms with van der Waals surface area (Å²) in [5, 5.41) is 23.9. The first-order valence-electron chi connectivity index (χ1n) is 15.4. The molecule has 0 aliphatic carbocycles. The summed E-state index contributed by atoms with van der Waals surface area (Å²) in [6, 6.07) is 31.4. The van der Waals surface area contributed by atoms with E-state index >= 15 is 0 Å². The highest BCUT2D eigenvalue weighted by atomic mass is 32.2. The number of carbonyl (C=O) groups is 3. The van der Waals surface area contributed by atoms with E-state index in [0.29, 0.717) is 18.7 Å². The van der Waals surface area contributed by atoms with Crippen LogP contribution in [0.15, 0.2) is 102 Å². The predicted molar refractivity (Wildman–Crippen MR) is 180 cm³/mol. The largest absolute Gasteiger partial charge is 0.481 e. The molecule has 0 aromatic heterocycles. The second-order valence-electron chi connectivity index (χ2n) is 11.4. The minimum absolute atomic E-state index is 0.0252. The standard InChI is InChI=1S/C37H38N2O7S/c1-24(41)39-31-12-14-33(15-13-31)47-23-32-20-34(27-10-8-25(22-40)9-11-27)46-37(45-32)30-7-3-6-29(19-30)28-5-2-4-26(18-28)21-38-35(42)16-17-36(43)44/h2-15,18-19,32,34,37,40H,16-17,20-23H2,1H3,(H,38,42)(H,39,41)(H,43,44). The van der Waals surface area contributed by atoms with Crippen molar-refractivity contribution in [3.63, 3.8) is 0 Å². The van der Waals surface area contributed by atoms with E-state index in [0.717, 1.165) is 44.0 Å². The number of amides is 2. The first-order chi connectivity index (χ1) is 22.7. The average Bonchev–Trinajstić information content (AvgIpc) is 3.09. The third-order valence-corrected chi connectivity index (χ3v) is 8.84. The van der Waals surface area contributed by atoms with Crippen LogP contribution in [-0.2, 0) is 37.0 Å². The second-order valence-corrected chi connectivity index (χ2v) is 12.5. The van der Waals surface area contributed by atoms with Crippen molar-refractivity contribution in [2.24, 2.45) is 0 Å².